The normalized spacial score (nSPS) is 26.1. The molecule has 1 unspecified atom stereocenters. The van der Waals surface area contributed by atoms with E-state index in [4.69, 9.17) is 21.1 Å². The molecule has 35 heavy (non-hydrogen) atoms. The summed E-state index contributed by atoms with van der Waals surface area (Å²) in [7, 11) is 0. The molecule has 1 saturated heterocycles. The van der Waals surface area contributed by atoms with Crippen molar-refractivity contribution in [1.29, 1.82) is 0 Å². The summed E-state index contributed by atoms with van der Waals surface area (Å²) in [6, 6.07) is 5.91. The third-order valence-electron chi connectivity index (χ3n) is 9.81. The van der Waals surface area contributed by atoms with E-state index in [0.717, 1.165) is 60.0 Å². The molecule has 0 aromatic heterocycles. The highest BCUT2D eigenvalue weighted by Crippen LogP contribution is 2.43. The summed E-state index contributed by atoms with van der Waals surface area (Å²) in [5, 5.41) is 0.754. The van der Waals surface area contributed by atoms with Gasteiger partial charge in [-0.1, -0.05) is 75.8 Å². The Kier molecular flexibility index (Phi) is 10.1. The van der Waals surface area contributed by atoms with Crippen molar-refractivity contribution in [3.63, 3.8) is 0 Å². The van der Waals surface area contributed by atoms with Crippen LogP contribution in [-0.2, 0) is 11.3 Å². The SMILES string of the molecule is CC1Oc2ccc(Cl)cc2COC12CCN(CCCC(C1CCCCC1)C1CCCCC1)CC2.Cl. The fourth-order valence-electron chi connectivity index (χ4n) is 7.65. The second kappa shape index (κ2) is 12.9. The van der Waals surface area contributed by atoms with Crippen molar-refractivity contribution in [2.24, 2.45) is 17.8 Å². The van der Waals surface area contributed by atoms with Crippen molar-refractivity contribution in [2.75, 3.05) is 19.6 Å². The third kappa shape index (κ3) is 6.70. The van der Waals surface area contributed by atoms with Crippen molar-refractivity contribution < 1.29 is 9.47 Å². The predicted octanol–water partition coefficient (Wildman–Crippen LogP) is 8.45. The van der Waals surface area contributed by atoms with Gasteiger partial charge in [0.05, 0.1) is 6.61 Å². The molecule has 0 amide bonds. The molecule has 5 rings (SSSR count). The molecule has 2 heterocycles. The first kappa shape index (κ1) is 27.6. The summed E-state index contributed by atoms with van der Waals surface area (Å²) in [6.07, 6.45) is 20.0. The summed E-state index contributed by atoms with van der Waals surface area (Å²) >= 11 is 6.21. The summed E-state index contributed by atoms with van der Waals surface area (Å²) in [5.41, 5.74) is 0.907. The number of rotatable bonds is 6. The lowest BCUT2D eigenvalue weighted by atomic mass is 9.68. The molecule has 1 atom stereocenters. The van der Waals surface area contributed by atoms with Gasteiger partial charge < -0.3 is 14.4 Å². The zero-order chi connectivity index (χ0) is 23.4. The molecule has 4 aliphatic rings. The molecule has 3 fully saturated rings. The van der Waals surface area contributed by atoms with E-state index in [0.29, 0.717) is 6.61 Å². The number of halogens is 2. The molecule has 1 aromatic rings. The largest absolute Gasteiger partial charge is 0.487 e. The minimum atomic E-state index is -0.172. The van der Waals surface area contributed by atoms with E-state index in [2.05, 4.69) is 11.8 Å². The number of nitrogens with zero attached hydrogens (tertiary/aromatic N) is 1. The molecule has 5 heteroatoms. The molecule has 3 nitrogen and oxygen atoms in total. The van der Waals surface area contributed by atoms with Gasteiger partial charge in [-0.15, -0.1) is 12.4 Å². The number of fused-ring (bicyclic) bond motifs is 1. The molecule has 0 radical (unpaired) electrons. The molecule has 2 aliphatic heterocycles. The van der Waals surface area contributed by atoms with E-state index in [1.54, 1.807) is 0 Å². The van der Waals surface area contributed by atoms with Crippen LogP contribution < -0.4 is 4.74 Å². The molecule has 2 saturated carbocycles. The van der Waals surface area contributed by atoms with Gasteiger partial charge in [-0.05, 0) is 75.1 Å². The first-order chi connectivity index (χ1) is 16.6. The average Bonchev–Trinajstić information content (AvgIpc) is 3.00. The highest BCUT2D eigenvalue weighted by atomic mass is 35.5. The Balaban J connectivity index is 0.00000289. The molecule has 0 N–H and O–H groups in total. The van der Waals surface area contributed by atoms with E-state index >= 15 is 0 Å². The zero-order valence-corrected chi connectivity index (χ0v) is 23.4. The Morgan fingerprint density at radius 3 is 2.23 bits per heavy atom. The fourth-order valence-corrected chi connectivity index (χ4v) is 7.84. The van der Waals surface area contributed by atoms with E-state index < -0.39 is 0 Å². The summed E-state index contributed by atoms with van der Waals surface area (Å²) in [4.78, 5) is 2.70. The van der Waals surface area contributed by atoms with E-state index in [-0.39, 0.29) is 24.1 Å². The number of hydrogen-bond donors (Lipinski definition) is 0. The van der Waals surface area contributed by atoms with Crippen LogP contribution in [0.25, 0.3) is 0 Å². The topological polar surface area (TPSA) is 21.7 Å². The van der Waals surface area contributed by atoms with Crippen LogP contribution >= 0.6 is 24.0 Å². The maximum atomic E-state index is 6.56. The van der Waals surface area contributed by atoms with Crippen LogP contribution in [0.5, 0.6) is 5.75 Å². The smallest absolute Gasteiger partial charge is 0.125 e. The van der Waals surface area contributed by atoms with Crippen molar-refractivity contribution in [2.45, 2.75) is 115 Å². The van der Waals surface area contributed by atoms with Crippen molar-refractivity contribution in [1.82, 2.24) is 4.90 Å². The Morgan fingerprint density at radius 1 is 0.971 bits per heavy atom. The monoisotopic (exact) mass is 523 g/mol. The quantitative estimate of drug-likeness (QED) is 0.373. The molecule has 1 spiro atoms. The molecule has 198 valence electrons. The predicted molar refractivity (Wildman–Crippen MR) is 148 cm³/mol. The van der Waals surface area contributed by atoms with Crippen LogP contribution in [0.1, 0.15) is 102 Å². The lowest BCUT2D eigenvalue weighted by molar-refractivity contribution is -0.136. The second-order valence-electron chi connectivity index (χ2n) is 11.8. The number of ether oxygens (including phenoxy) is 2. The van der Waals surface area contributed by atoms with E-state index in [9.17, 15) is 0 Å². The van der Waals surface area contributed by atoms with E-state index in [1.165, 1.54) is 83.6 Å². The maximum Gasteiger partial charge on any atom is 0.125 e. The Morgan fingerprint density at radius 2 is 1.60 bits per heavy atom. The lowest BCUT2D eigenvalue weighted by Crippen LogP contribution is -2.53. The van der Waals surface area contributed by atoms with E-state index in [1.807, 2.05) is 18.2 Å². The highest BCUT2D eigenvalue weighted by Gasteiger charge is 2.43. The number of piperidine rings is 1. The second-order valence-corrected chi connectivity index (χ2v) is 12.2. The van der Waals surface area contributed by atoms with Gasteiger partial charge in [0, 0.05) is 23.7 Å². The Labute approximate surface area is 225 Å². The van der Waals surface area contributed by atoms with Gasteiger partial charge in [-0.25, -0.2) is 0 Å². The van der Waals surface area contributed by atoms with Crippen molar-refractivity contribution in [3.05, 3.63) is 28.8 Å². The summed E-state index contributed by atoms with van der Waals surface area (Å²) in [5.74, 6) is 3.98. The molecular formula is C30H47Cl2NO2. The zero-order valence-electron chi connectivity index (χ0n) is 21.8. The molecular weight excluding hydrogens is 477 g/mol. The van der Waals surface area contributed by atoms with Gasteiger partial charge in [-0.3, -0.25) is 0 Å². The van der Waals surface area contributed by atoms with Gasteiger partial charge in [-0.2, -0.15) is 0 Å². The minimum Gasteiger partial charge on any atom is -0.487 e. The van der Waals surface area contributed by atoms with Crippen molar-refractivity contribution in [3.8, 4) is 5.75 Å². The standard InChI is InChI=1S/C30H46ClNO2.ClH/c1-23-30(33-22-26-21-27(31)14-15-29(26)34-23)16-19-32(20-17-30)18-8-13-28(24-9-4-2-5-10-24)25-11-6-3-7-12-25;/h14-15,21,23-25,28H,2-13,16-20,22H2,1H3;1H. The van der Waals surface area contributed by atoms with Gasteiger partial charge >= 0.3 is 0 Å². The minimum absolute atomic E-state index is 0. The third-order valence-corrected chi connectivity index (χ3v) is 10.0. The van der Waals surface area contributed by atoms with Crippen LogP contribution in [0.4, 0.5) is 0 Å². The molecule has 2 aliphatic carbocycles. The number of benzene rings is 1. The molecule has 1 aromatic carbocycles. The highest BCUT2D eigenvalue weighted by molar-refractivity contribution is 6.30. The average molecular weight is 525 g/mol. The Hall–Kier alpha value is -0.480. The first-order valence-electron chi connectivity index (χ1n) is 14.4. The van der Waals surface area contributed by atoms with Crippen LogP contribution in [0.2, 0.25) is 5.02 Å². The van der Waals surface area contributed by atoms with Gasteiger partial charge in [0.25, 0.3) is 0 Å². The lowest BCUT2D eigenvalue weighted by Gasteiger charge is -2.44. The summed E-state index contributed by atoms with van der Waals surface area (Å²) in [6.45, 7) is 6.31. The van der Waals surface area contributed by atoms with Crippen LogP contribution in [0, 0.1) is 17.8 Å². The van der Waals surface area contributed by atoms with Crippen LogP contribution in [0.3, 0.4) is 0 Å². The van der Waals surface area contributed by atoms with Crippen molar-refractivity contribution >= 4 is 24.0 Å². The van der Waals surface area contributed by atoms with Gasteiger partial charge in [0.2, 0.25) is 0 Å². The van der Waals surface area contributed by atoms with Crippen LogP contribution in [-0.4, -0.2) is 36.2 Å². The summed E-state index contributed by atoms with van der Waals surface area (Å²) < 4.78 is 12.9. The number of likely N-dealkylation sites (tertiary alicyclic amines) is 1. The Bertz CT molecular complexity index is 765. The first-order valence-corrected chi connectivity index (χ1v) is 14.8. The molecule has 0 bridgehead atoms. The number of hydrogen-bond acceptors (Lipinski definition) is 3. The maximum absolute atomic E-state index is 6.56. The van der Waals surface area contributed by atoms with Gasteiger partial charge in [0.1, 0.15) is 17.5 Å². The fraction of sp³-hybridized carbons (Fsp3) is 0.800. The van der Waals surface area contributed by atoms with Gasteiger partial charge in [0.15, 0.2) is 0 Å². The van der Waals surface area contributed by atoms with Crippen LogP contribution in [0.15, 0.2) is 18.2 Å².